The molecule has 1 heterocycles. The standard InChI is InChI=1S/C12H21N3O/c1-8(2)11-6-9(3)13-12(14-11)15(5)7-10(4)16/h6,8,10,16H,7H2,1-5H3. The average Bonchev–Trinajstić information content (AvgIpc) is 2.15. The Morgan fingerprint density at radius 2 is 1.94 bits per heavy atom. The number of aliphatic hydroxyl groups excluding tert-OH is 1. The van der Waals surface area contributed by atoms with Crippen molar-refractivity contribution in [1.29, 1.82) is 0 Å². The lowest BCUT2D eigenvalue weighted by Gasteiger charge is -2.20. The molecule has 1 unspecified atom stereocenters. The van der Waals surface area contributed by atoms with Crippen molar-refractivity contribution in [3.8, 4) is 0 Å². The summed E-state index contributed by atoms with van der Waals surface area (Å²) in [6.45, 7) is 8.49. The summed E-state index contributed by atoms with van der Waals surface area (Å²) in [6, 6.07) is 2.00. The van der Waals surface area contributed by atoms with Gasteiger partial charge in [-0.1, -0.05) is 13.8 Å². The van der Waals surface area contributed by atoms with Crippen LogP contribution < -0.4 is 4.90 Å². The van der Waals surface area contributed by atoms with E-state index in [0.29, 0.717) is 18.4 Å². The number of aryl methyl sites for hydroxylation is 1. The van der Waals surface area contributed by atoms with E-state index < -0.39 is 0 Å². The van der Waals surface area contributed by atoms with Gasteiger partial charge in [-0.05, 0) is 25.8 Å². The Morgan fingerprint density at radius 3 is 2.44 bits per heavy atom. The maximum Gasteiger partial charge on any atom is 0.225 e. The van der Waals surface area contributed by atoms with Gasteiger partial charge in [0.2, 0.25) is 5.95 Å². The van der Waals surface area contributed by atoms with Crippen molar-refractivity contribution in [2.24, 2.45) is 0 Å². The van der Waals surface area contributed by atoms with Crippen molar-refractivity contribution in [2.75, 3.05) is 18.5 Å². The van der Waals surface area contributed by atoms with Crippen LogP contribution in [-0.4, -0.2) is 34.8 Å². The molecule has 1 atom stereocenters. The van der Waals surface area contributed by atoms with Crippen molar-refractivity contribution in [3.05, 3.63) is 17.5 Å². The fourth-order valence-corrected chi connectivity index (χ4v) is 1.52. The zero-order valence-corrected chi connectivity index (χ0v) is 10.7. The van der Waals surface area contributed by atoms with Gasteiger partial charge in [-0.3, -0.25) is 0 Å². The van der Waals surface area contributed by atoms with E-state index in [2.05, 4.69) is 23.8 Å². The summed E-state index contributed by atoms with van der Waals surface area (Å²) in [5.74, 6) is 1.07. The highest BCUT2D eigenvalue weighted by Crippen LogP contribution is 2.16. The fraction of sp³-hybridized carbons (Fsp3) is 0.667. The molecule has 0 aliphatic rings. The molecule has 0 saturated carbocycles. The molecule has 0 aliphatic heterocycles. The van der Waals surface area contributed by atoms with Gasteiger partial charge in [0, 0.05) is 25.0 Å². The van der Waals surface area contributed by atoms with E-state index in [4.69, 9.17) is 0 Å². The van der Waals surface area contributed by atoms with Crippen LogP contribution in [0.2, 0.25) is 0 Å². The number of hydrogen-bond donors (Lipinski definition) is 1. The summed E-state index contributed by atoms with van der Waals surface area (Å²) in [7, 11) is 1.89. The third-order valence-corrected chi connectivity index (χ3v) is 2.33. The van der Waals surface area contributed by atoms with E-state index in [1.807, 2.05) is 24.9 Å². The normalized spacial score (nSPS) is 12.9. The Bertz CT molecular complexity index is 350. The smallest absolute Gasteiger partial charge is 0.225 e. The average molecular weight is 223 g/mol. The van der Waals surface area contributed by atoms with E-state index in [1.54, 1.807) is 6.92 Å². The maximum absolute atomic E-state index is 9.33. The number of aromatic nitrogens is 2. The SMILES string of the molecule is Cc1cc(C(C)C)nc(N(C)CC(C)O)n1. The number of likely N-dealkylation sites (N-methyl/N-ethyl adjacent to an activating group) is 1. The largest absolute Gasteiger partial charge is 0.392 e. The van der Waals surface area contributed by atoms with Gasteiger partial charge < -0.3 is 10.0 Å². The Balaban J connectivity index is 2.95. The van der Waals surface area contributed by atoms with Crippen LogP contribution in [0.4, 0.5) is 5.95 Å². The van der Waals surface area contributed by atoms with E-state index >= 15 is 0 Å². The second-order valence-corrected chi connectivity index (χ2v) is 4.62. The van der Waals surface area contributed by atoms with Crippen LogP contribution in [0, 0.1) is 6.92 Å². The second-order valence-electron chi connectivity index (χ2n) is 4.62. The molecule has 0 bridgehead atoms. The topological polar surface area (TPSA) is 49.2 Å². The summed E-state index contributed by atoms with van der Waals surface area (Å²) in [4.78, 5) is 10.7. The first-order valence-corrected chi connectivity index (χ1v) is 5.65. The molecule has 1 aromatic rings. The van der Waals surface area contributed by atoms with E-state index in [1.165, 1.54) is 0 Å². The van der Waals surface area contributed by atoms with E-state index in [9.17, 15) is 5.11 Å². The van der Waals surface area contributed by atoms with Crippen molar-refractivity contribution in [3.63, 3.8) is 0 Å². The third-order valence-electron chi connectivity index (χ3n) is 2.33. The van der Waals surface area contributed by atoms with Gasteiger partial charge >= 0.3 is 0 Å². The number of nitrogens with zero attached hydrogens (tertiary/aromatic N) is 3. The molecule has 1 aromatic heterocycles. The molecule has 0 aromatic carbocycles. The highest BCUT2D eigenvalue weighted by molar-refractivity contribution is 5.32. The molecule has 0 radical (unpaired) electrons. The maximum atomic E-state index is 9.33. The molecular weight excluding hydrogens is 202 g/mol. The summed E-state index contributed by atoms with van der Waals surface area (Å²) in [5.41, 5.74) is 2.01. The molecule has 90 valence electrons. The van der Waals surface area contributed by atoms with Gasteiger partial charge in [-0.25, -0.2) is 9.97 Å². The molecule has 0 fully saturated rings. The van der Waals surface area contributed by atoms with Gasteiger partial charge in [-0.2, -0.15) is 0 Å². The number of hydrogen-bond acceptors (Lipinski definition) is 4. The molecule has 1 rings (SSSR count). The molecule has 0 amide bonds. The first kappa shape index (κ1) is 12.9. The van der Waals surface area contributed by atoms with Gasteiger partial charge in [0.1, 0.15) is 0 Å². The summed E-state index contributed by atoms with van der Waals surface area (Å²) < 4.78 is 0. The Labute approximate surface area is 97.3 Å². The number of rotatable bonds is 4. The summed E-state index contributed by atoms with van der Waals surface area (Å²) in [6.07, 6.45) is -0.378. The Kier molecular flexibility index (Phi) is 4.24. The minimum absolute atomic E-state index is 0.378. The fourth-order valence-electron chi connectivity index (χ4n) is 1.52. The van der Waals surface area contributed by atoms with Crippen molar-refractivity contribution >= 4 is 5.95 Å². The molecule has 0 saturated heterocycles. The van der Waals surface area contributed by atoms with E-state index in [-0.39, 0.29) is 6.10 Å². The molecule has 4 heteroatoms. The molecule has 0 aliphatic carbocycles. The van der Waals surface area contributed by atoms with Crippen molar-refractivity contribution in [1.82, 2.24) is 9.97 Å². The molecule has 0 spiro atoms. The van der Waals surface area contributed by atoms with Crippen LogP contribution in [0.25, 0.3) is 0 Å². The van der Waals surface area contributed by atoms with Crippen LogP contribution in [-0.2, 0) is 0 Å². The highest BCUT2D eigenvalue weighted by atomic mass is 16.3. The predicted octanol–water partition coefficient (Wildman–Crippen LogP) is 1.73. The molecule has 16 heavy (non-hydrogen) atoms. The highest BCUT2D eigenvalue weighted by Gasteiger charge is 2.10. The zero-order valence-electron chi connectivity index (χ0n) is 10.7. The van der Waals surface area contributed by atoms with Crippen LogP contribution in [0.15, 0.2) is 6.07 Å². The molecule has 4 nitrogen and oxygen atoms in total. The predicted molar refractivity (Wildman–Crippen MR) is 65.8 cm³/mol. The minimum atomic E-state index is -0.378. The van der Waals surface area contributed by atoms with E-state index in [0.717, 1.165) is 11.4 Å². The van der Waals surface area contributed by atoms with Gasteiger partial charge in [0.15, 0.2) is 0 Å². The quantitative estimate of drug-likeness (QED) is 0.844. The van der Waals surface area contributed by atoms with Crippen LogP contribution in [0.3, 0.4) is 0 Å². The third kappa shape index (κ3) is 3.45. The Hall–Kier alpha value is -1.16. The summed E-state index contributed by atoms with van der Waals surface area (Å²) >= 11 is 0. The van der Waals surface area contributed by atoms with Crippen molar-refractivity contribution in [2.45, 2.75) is 39.7 Å². The molecular formula is C12H21N3O. The monoisotopic (exact) mass is 223 g/mol. The Morgan fingerprint density at radius 1 is 1.31 bits per heavy atom. The summed E-state index contributed by atoms with van der Waals surface area (Å²) in [5, 5.41) is 9.33. The lowest BCUT2D eigenvalue weighted by Crippen LogP contribution is -2.28. The number of aliphatic hydroxyl groups is 1. The minimum Gasteiger partial charge on any atom is -0.392 e. The van der Waals surface area contributed by atoms with Crippen LogP contribution in [0.1, 0.15) is 38.1 Å². The van der Waals surface area contributed by atoms with Gasteiger partial charge in [0.25, 0.3) is 0 Å². The first-order valence-electron chi connectivity index (χ1n) is 5.65. The van der Waals surface area contributed by atoms with Gasteiger partial charge in [-0.15, -0.1) is 0 Å². The first-order chi connectivity index (χ1) is 7.40. The van der Waals surface area contributed by atoms with Gasteiger partial charge in [0.05, 0.1) is 6.10 Å². The lowest BCUT2D eigenvalue weighted by molar-refractivity contribution is 0.201. The molecule has 1 N–H and O–H groups in total. The lowest BCUT2D eigenvalue weighted by atomic mass is 10.1. The number of anilines is 1. The van der Waals surface area contributed by atoms with Crippen LogP contribution >= 0.6 is 0 Å². The zero-order chi connectivity index (χ0) is 12.3. The van der Waals surface area contributed by atoms with Crippen molar-refractivity contribution < 1.29 is 5.11 Å². The second kappa shape index (κ2) is 5.25. The van der Waals surface area contributed by atoms with Crippen LogP contribution in [0.5, 0.6) is 0 Å².